The van der Waals surface area contributed by atoms with Gasteiger partial charge in [-0.25, -0.2) is 0 Å². The van der Waals surface area contributed by atoms with E-state index >= 15 is 0 Å². The summed E-state index contributed by atoms with van der Waals surface area (Å²) in [4.78, 5) is 0. The van der Waals surface area contributed by atoms with Crippen molar-refractivity contribution in [2.45, 2.75) is 0 Å². The van der Waals surface area contributed by atoms with Gasteiger partial charge in [-0.2, -0.15) is 0 Å². The normalized spacial score (nSPS) is 0. The van der Waals surface area contributed by atoms with Crippen molar-refractivity contribution < 1.29 is 114 Å². The monoisotopic (exact) mass is 306 g/mol. The van der Waals surface area contributed by atoms with Crippen molar-refractivity contribution in [3.05, 3.63) is 0 Å². The van der Waals surface area contributed by atoms with Gasteiger partial charge in [0.2, 0.25) is 0 Å². The van der Waals surface area contributed by atoms with Gasteiger partial charge in [0.1, 0.15) is 0 Å². The van der Waals surface area contributed by atoms with E-state index in [4.69, 9.17) is 0 Å². The van der Waals surface area contributed by atoms with Crippen LogP contribution in [0.15, 0.2) is 0 Å². The van der Waals surface area contributed by atoms with Gasteiger partial charge in [-0.1, -0.05) is 0 Å². The molecular formula is H18O9Ti3. The van der Waals surface area contributed by atoms with Crippen molar-refractivity contribution in [1.29, 1.82) is 0 Å². The molecule has 0 atom stereocenters. The summed E-state index contributed by atoms with van der Waals surface area (Å²) in [6, 6.07) is 0. The second-order valence-electron chi connectivity index (χ2n) is 0. The zero-order valence-electron chi connectivity index (χ0n) is 6.00. The molecule has 12 heteroatoms. The molecule has 18 N–H and O–H groups in total. The predicted octanol–water partition coefficient (Wildman–Crippen LogP) is -7.43. The number of hydrogen-bond donors (Lipinski definition) is 0. The first kappa shape index (κ1) is 709. The molecule has 0 saturated heterocycles. The van der Waals surface area contributed by atoms with Crippen molar-refractivity contribution in [2.24, 2.45) is 0 Å². The third kappa shape index (κ3) is 431. The molecule has 0 heterocycles. The second kappa shape index (κ2) is 558. The average Bonchev–Trinajstić information content (AvgIpc) is 0. The van der Waals surface area contributed by atoms with Gasteiger partial charge < -0.3 is 49.3 Å². The van der Waals surface area contributed by atoms with E-state index in [1.54, 1.807) is 0 Å². The zero-order valence-corrected chi connectivity index (χ0v) is 10.7. The molecule has 9 nitrogen and oxygen atoms in total. The molecule has 0 bridgehead atoms. The maximum absolute atomic E-state index is 0. The molecule has 0 saturated carbocycles. The standard InChI is InChI=1S/9H2O.3Ti/h9*1H2;;;. The van der Waals surface area contributed by atoms with Gasteiger partial charge in [0.25, 0.3) is 0 Å². The first-order valence-corrected chi connectivity index (χ1v) is 0. The fourth-order valence-corrected chi connectivity index (χ4v) is 0. The van der Waals surface area contributed by atoms with E-state index in [9.17, 15) is 0 Å². The van der Waals surface area contributed by atoms with Crippen molar-refractivity contribution in [3.8, 4) is 0 Å². The molecule has 0 aromatic heterocycles. The van der Waals surface area contributed by atoms with Crippen LogP contribution < -0.4 is 0 Å². The first-order chi connectivity index (χ1) is 0. The summed E-state index contributed by atoms with van der Waals surface area (Å²) in [7, 11) is 0. The van der Waals surface area contributed by atoms with E-state index in [-0.39, 0.29) is 114 Å². The summed E-state index contributed by atoms with van der Waals surface area (Å²) < 4.78 is 0. The molecular weight excluding hydrogens is 288 g/mol. The Bertz CT molecular complexity index is 9.74. The Hall–Kier alpha value is 1.78. The fourth-order valence-electron chi connectivity index (χ4n) is 0. The van der Waals surface area contributed by atoms with Gasteiger partial charge in [0, 0.05) is 65.2 Å². The number of rotatable bonds is 0. The molecule has 0 aliphatic rings. The molecule has 84 valence electrons. The first-order valence-electron chi connectivity index (χ1n) is 0. The van der Waals surface area contributed by atoms with Crippen LogP contribution in [0.5, 0.6) is 0 Å². The van der Waals surface area contributed by atoms with Crippen molar-refractivity contribution in [3.63, 3.8) is 0 Å². The van der Waals surface area contributed by atoms with Crippen LogP contribution >= 0.6 is 0 Å². The molecule has 0 radical (unpaired) electrons. The van der Waals surface area contributed by atoms with E-state index in [1.165, 1.54) is 0 Å². The van der Waals surface area contributed by atoms with Gasteiger partial charge >= 0.3 is 0 Å². The van der Waals surface area contributed by atoms with Gasteiger partial charge in [-0.05, 0) is 0 Å². The number of hydrogen-bond acceptors (Lipinski definition) is 0. The molecule has 0 aromatic rings. The van der Waals surface area contributed by atoms with E-state index in [0.29, 0.717) is 0 Å². The molecule has 0 rings (SSSR count). The molecule has 0 aromatic carbocycles. The molecule has 0 fully saturated rings. The van der Waals surface area contributed by atoms with Crippen LogP contribution in [0.2, 0.25) is 0 Å². The minimum absolute atomic E-state index is 0. The second-order valence-corrected chi connectivity index (χ2v) is 0. The quantitative estimate of drug-likeness (QED) is 0.376. The molecule has 0 aliphatic carbocycles. The molecule has 0 unspecified atom stereocenters. The molecule has 0 amide bonds. The largest absolute Gasteiger partial charge is 0.412 e. The van der Waals surface area contributed by atoms with Crippen LogP contribution in [0.1, 0.15) is 0 Å². The topological polar surface area (TPSA) is 284 Å². The maximum atomic E-state index is 0. The van der Waals surface area contributed by atoms with Crippen molar-refractivity contribution >= 4 is 0 Å². The van der Waals surface area contributed by atoms with Crippen molar-refractivity contribution in [2.75, 3.05) is 0 Å². The van der Waals surface area contributed by atoms with Crippen molar-refractivity contribution in [1.82, 2.24) is 0 Å². The molecule has 0 spiro atoms. The maximum Gasteiger partial charge on any atom is 0 e. The zero-order chi connectivity index (χ0) is 0. The summed E-state index contributed by atoms with van der Waals surface area (Å²) in [5.74, 6) is 0. The van der Waals surface area contributed by atoms with Crippen LogP contribution in [-0.4, -0.2) is 49.3 Å². The summed E-state index contributed by atoms with van der Waals surface area (Å²) in [5.41, 5.74) is 0. The Balaban J connectivity index is 0. The summed E-state index contributed by atoms with van der Waals surface area (Å²) in [5, 5.41) is 0. The molecule has 12 heavy (non-hydrogen) atoms. The average molecular weight is 306 g/mol. The SMILES string of the molecule is O.O.O.O.O.O.O.O.O.[Ti].[Ti].[Ti]. The van der Waals surface area contributed by atoms with Crippen LogP contribution in [0.25, 0.3) is 0 Å². The third-order valence-electron chi connectivity index (χ3n) is 0. The summed E-state index contributed by atoms with van der Waals surface area (Å²) in [6.07, 6.45) is 0. The minimum Gasteiger partial charge on any atom is -0.412 e. The van der Waals surface area contributed by atoms with E-state index in [1.807, 2.05) is 0 Å². The van der Waals surface area contributed by atoms with E-state index in [0.717, 1.165) is 0 Å². The van der Waals surface area contributed by atoms with E-state index < -0.39 is 0 Å². The van der Waals surface area contributed by atoms with Crippen LogP contribution in [0, 0.1) is 0 Å². The van der Waals surface area contributed by atoms with Gasteiger partial charge in [0.05, 0.1) is 0 Å². The van der Waals surface area contributed by atoms with Crippen LogP contribution in [-0.2, 0) is 65.2 Å². The minimum atomic E-state index is 0. The fraction of sp³-hybridized carbons (Fsp3) is 0. The Morgan fingerprint density at radius 2 is 0.167 bits per heavy atom. The smallest absolute Gasteiger partial charge is 0 e. The summed E-state index contributed by atoms with van der Waals surface area (Å²) >= 11 is 0. The van der Waals surface area contributed by atoms with Gasteiger partial charge in [-0.15, -0.1) is 0 Å². The van der Waals surface area contributed by atoms with E-state index in [2.05, 4.69) is 0 Å². The van der Waals surface area contributed by atoms with Crippen LogP contribution in [0.3, 0.4) is 0 Å². The Morgan fingerprint density at radius 1 is 0.167 bits per heavy atom. The predicted molar refractivity (Wildman–Crippen MR) is 32.5 cm³/mol. The van der Waals surface area contributed by atoms with Crippen LogP contribution in [0.4, 0.5) is 0 Å². The Morgan fingerprint density at radius 3 is 0.167 bits per heavy atom. The molecule has 0 aliphatic heterocycles. The van der Waals surface area contributed by atoms with Gasteiger partial charge in [-0.3, -0.25) is 0 Å². The van der Waals surface area contributed by atoms with Gasteiger partial charge in [0.15, 0.2) is 0 Å². The summed E-state index contributed by atoms with van der Waals surface area (Å²) in [6.45, 7) is 0. The Labute approximate surface area is 114 Å². The third-order valence-corrected chi connectivity index (χ3v) is 0. The Kier molecular flexibility index (Phi) is 33000.